The molecule has 2 heteroatoms. The van der Waals surface area contributed by atoms with Crippen molar-refractivity contribution in [3.05, 3.63) is 0 Å². The van der Waals surface area contributed by atoms with Crippen molar-refractivity contribution in [2.45, 2.75) is 95.7 Å². The van der Waals surface area contributed by atoms with Gasteiger partial charge in [0.2, 0.25) is 0 Å². The van der Waals surface area contributed by atoms with Crippen LogP contribution < -0.4 is 0 Å². The lowest BCUT2D eigenvalue weighted by Crippen LogP contribution is -2.45. The largest absolute Gasteiger partial charge is 0.390 e. The Hall–Kier alpha value is -0.0800. The molecule has 0 bridgehead atoms. The van der Waals surface area contributed by atoms with E-state index >= 15 is 0 Å². The quantitative estimate of drug-likeness (QED) is 0.825. The maximum atomic E-state index is 10.6. The maximum absolute atomic E-state index is 10.6. The molecule has 1 unspecified atom stereocenters. The monoisotopic (exact) mass is 253 g/mol. The van der Waals surface area contributed by atoms with Crippen LogP contribution in [0.25, 0.3) is 0 Å². The van der Waals surface area contributed by atoms with Crippen LogP contribution in [0, 0.1) is 0 Å². The highest BCUT2D eigenvalue weighted by Crippen LogP contribution is 2.34. The van der Waals surface area contributed by atoms with Gasteiger partial charge in [-0.2, -0.15) is 0 Å². The lowest BCUT2D eigenvalue weighted by molar-refractivity contribution is -0.0162. The van der Waals surface area contributed by atoms with Crippen molar-refractivity contribution in [3.63, 3.8) is 0 Å². The number of rotatable bonds is 4. The highest BCUT2D eigenvalue weighted by molar-refractivity contribution is 4.86. The minimum absolute atomic E-state index is 0.321. The first-order valence-corrected chi connectivity index (χ1v) is 8.09. The van der Waals surface area contributed by atoms with Crippen LogP contribution in [0.4, 0.5) is 0 Å². The molecule has 106 valence electrons. The Morgan fingerprint density at radius 3 is 2.50 bits per heavy atom. The second-order valence-corrected chi connectivity index (χ2v) is 6.80. The maximum Gasteiger partial charge on any atom is 0.0648 e. The molecule has 0 aromatic heterocycles. The highest BCUT2D eigenvalue weighted by Gasteiger charge is 2.32. The molecule has 1 saturated heterocycles. The van der Waals surface area contributed by atoms with Gasteiger partial charge in [0.05, 0.1) is 5.60 Å². The van der Waals surface area contributed by atoms with Gasteiger partial charge in [0.15, 0.2) is 0 Å². The van der Waals surface area contributed by atoms with Crippen molar-refractivity contribution in [1.29, 1.82) is 0 Å². The Morgan fingerprint density at radius 1 is 1.11 bits per heavy atom. The fourth-order valence-electron chi connectivity index (χ4n) is 3.91. The van der Waals surface area contributed by atoms with E-state index in [-0.39, 0.29) is 5.60 Å². The van der Waals surface area contributed by atoms with E-state index < -0.39 is 0 Å². The summed E-state index contributed by atoms with van der Waals surface area (Å²) < 4.78 is 0. The van der Waals surface area contributed by atoms with E-state index in [1.165, 1.54) is 51.5 Å². The summed E-state index contributed by atoms with van der Waals surface area (Å²) in [5.74, 6) is 0. The van der Waals surface area contributed by atoms with Crippen LogP contribution in [0.15, 0.2) is 0 Å². The van der Waals surface area contributed by atoms with Crippen molar-refractivity contribution in [2.75, 3.05) is 6.54 Å². The summed E-state index contributed by atoms with van der Waals surface area (Å²) in [5.41, 5.74) is -0.321. The molecule has 0 amide bonds. The molecule has 0 spiro atoms. The summed E-state index contributed by atoms with van der Waals surface area (Å²) in [6.07, 6.45) is 12.2. The zero-order valence-electron chi connectivity index (χ0n) is 12.3. The van der Waals surface area contributed by atoms with Gasteiger partial charge in [0.25, 0.3) is 0 Å². The van der Waals surface area contributed by atoms with Crippen LogP contribution in [0.3, 0.4) is 0 Å². The molecule has 0 aromatic rings. The summed E-state index contributed by atoms with van der Waals surface area (Å²) in [5, 5.41) is 10.6. The number of nitrogens with zero attached hydrogens (tertiary/aromatic N) is 1. The molecule has 1 aliphatic carbocycles. The molecule has 1 aliphatic heterocycles. The molecule has 1 saturated carbocycles. The second-order valence-electron chi connectivity index (χ2n) is 6.80. The average molecular weight is 253 g/mol. The summed E-state index contributed by atoms with van der Waals surface area (Å²) >= 11 is 0. The Kier molecular flexibility index (Phi) is 5.08. The summed E-state index contributed by atoms with van der Waals surface area (Å²) in [4.78, 5) is 2.66. The van der Waals surface area contributed by atoms with E-state index in [1.807, 2.05) is 0 Å². The van der Waals surface area contributed by atoms with Gasteiger partial charge in [-0.05, 0) is 58.9 Å². The molecule has 1 heterocycles. The second kappa shape index (κ2) is 6.38. The van der Waals surface area contributed by atoms with Crippen LogP contribution in [0.5, 0.6) is 0 Å². The first-order valence-electron chi connectivity index (χ1n) is 8.09. The number of hydrogen-bond donors (Lipinski definition) is 1. The third-order valence-electron chi connectivity index (χ3n) is 5.06. The van der Waals surface area contributed by atoms with Gasteiger partial charge < -0.3 is 5.11 Å². The van der Waals surface area contributed by atoms with Gasteiger partial charge in [0, 0.05) is 12.1 Å². The van der Waals surface area contributed by atoms with Crippen LogP contribution >= 0.6 is 0 Å². The van der Waals surface area contributed by atoms with Gasteiger partial charge in [-0.15, -0.1) is 0 Å². The smallest absolute Gasteiger partial charge is 0.0648 e. The van der Waals surface area contributed by atoms with Crippen LogP contribution in [0.2, 0.25) is 0 Å². The lowest BCUT2D eigenvalue weighted by Gasteiger charge is -2.41. The van der Waals surface area contributed by atoms with Gasteiger partial charge in [-0.3, -0.25) is 4.90 Å². The van der Waals surface area contributed by atoms with E-state index in [9.17, 15) is 5.11 Å². The fourth-order valence-corrected chi connectivity index (χ4v) is 3.91. The normalized spacial score (nSPS) is 29.7. The number of hydrogen-bond acceptors (Lipinski definition) is 2. The molecule has 18 heavy (non-hydrogen) atoms. The van der Waals surface area contributed by atoms with Crippen molar-refractivity contribution < 1.29 is 5.11 Å². The molecule has 0 aromatic carbocycles. The Bertz CT molecular complexity index is 245. The number of aliphatic hydroxyl groups is 1. The van der Waals surface area contributed by atoms with Crippen molar-refractivity contribution in [3.8, 4) is 0 Å². The SMILES string of the molecule is CC(C)N1CCCCC1CCC1(O)CCCCC1. The van der Waals surface area contributed by atoms with Gasteiger partial charge in [-0.1, -0.05) is 25.7 Å². The lowest BCUT2D eigenvalue weighted by atomic mass is 9.80. The Morgan fingerprint density at radius 2 is 1.83 bits per heavy atom. The topological polar surface area (TPSA) is 23.5 Å². The summed E-state index contributed by atoms with van der Waals surface area (Å²) in [6, 6.07) is 1.39. The molecule has 2 aliphatic rings. The molecular formula is C16H31NO. The first kappa shape index (κ1) is 14.3. The van der Waals surface area contributed by atoms with Crippen molar-refractivity contribution in [1.82, 2.24) is 4.90 Å². The zero-order chi connectivity index (χ0) is 13.0. The fraction of sp³-hybridized carbons (Fsp3) is 1.00. The van der Waals surface area contributed by atoms with E-state index in [1.54, 1.807) is 0 Å². The summed E-state index contributed by atoms with van der Waals surface area (Å²) in [6.45, 7) is 5.89. The third kappa shape index (κ3) is 3.71. The molecule has 0 radical (unpaired) electrons. The van der Waals surface area contributed by atoms with Crippen LogP contribution in [-0.2, 0) is 0 Å². The van der Waals surface area contributed by atoms with Crippen LogP contribution in [0.1, 0.15) is 78.1 Å². The molecule has 2 fully saturated rings. The molecule has 2 nitrogen and oxygen atoms in total. The molecule has 1 N–H and O–H groups in total. The van der Waals surface area contributed by atoms with Crippen LogP contribution in [-0.4, -0.2) is 34.2 Å². The van der Waals surface area contributed by atoms with E-state index in [0.717, 1.165) is 25.3 Å². The van der Waals surface area contributed by atoms with E-state index in [4.69, 9.17) is 0 Å². The predicted octanol–water partition coefficient (Wildman–Crippen LogP) is 3.72. The van der Waals surface area contributed by atoms with E-state index in [2.05, 4.69) is 18.7 Å². The first-order chi connectivity index (χ1) is 8.61. The third-order valence-corrected chi connectivity index (χ3v) is 5.06. The van der Waals surface area contributed by atoms with Gasteiger partial charge in [0.1, 0.15) is 0 Å². The standard InChI is InChI=1S/C16H31NO/c1-14(2)17-13-7-4-8-15(17)9-12-16(18)10-5-3-6-11-16/h14-15,18H,3-13H2,1-2H3. The van der Waals surface area contributed by atoms with E-state index in [0.29, 0.717) is 6.04 Å². The number of piperidine rings is 1. The molecule has 2 rings (SSSR count). The molecular weight excluding hydrogens is 222 g/mol. The van der Waals surface area contributed by atoms with Gasteiger partial charge in [-0.25, -0.2) is 0 Å². The predicted molar refractivity (Wildman–Crippen MR) is 76.7 cm³/mol. The zero-order valence-corrected chi connectivity index (χ0v) is 12.3. The average Bonchev–Trinajstić information content (AvgIpc) is 2.38. The number of likely N-dealkylation sites (tertiary alicyclic amines) is 1. The van der Waals surface area contributed by atoms with Gasteiger partial charge >= 0.3 is 0 Å². The summed E-state index contributed by atoms with van der Waals surface area (Å²) in [7, 11) is 0. The highest BCUT2D eigenvalue weighted by atomic mass is 16.3. The Labute approximate surface area is 113 Å². The Balaban J connectivity index is 1.83. The minimum Gasteiger partial charge on any atom is -0.390 e. The molecule has 1 atom stereocenters. The van der Waals surface area contributed by atoms with Crippen molar-refractivity contribution in [2.24, 2.45) is 0 Å². The minimum atomic E-state index is -0.321. The van der Waals surface area contributed by atoms with Crippen molar-refractivity contribution >= 4 is 0 Å².